The first-order chi connectivity index (χ1) is 11.1. The first-order valence-corrected chi connectivity index (χ1v) is 8.03. The molecule has 2 atom stereocenters. The Labute approximate surface area is 136 Å². The van der Waals surface area contributed by atoms with Gasteiger partial charge in [0.1, 0.15) is 11.4 Å². The van der Waals surface area contributed by atoms with Crippen LogP contribution in [0.3, 0.4) is 0 Å². The Morgan fingerprint density at radius 3 is 2.83 bits per heavy atom. The van der Waals surface area contributed by atoms with Crippen LogP contribution >= 0.6 is 0 Å². The van der Waals surface area contributed by atoms with E-state index in [1.165, 1.54) is 0 Å². The molecule has 6 nitrogen and oxygen atoms in total. The zero-order valence-electron chi connectivity index (χ0n) is 13.7. The number of nitrogens with one attached hydrogen (secondary N) is 1. The molecule has 126 valence electrons. The van der Waals surface area contributed by atoms with E-state index in [-0.39, 0.29) is 17.6 Å². The monoisotopic (exact) mass is 320 g/mol. The molecule has 0 saturated carbocycles. The van der Waals surface area contributed by atoms with Gasteiger partial charge in [0.25, 0.3) is 0 Å². The van der Waals surface area contributed by atoms with Crippen molar-refractivity contribution in [1.82, 2.24) is 4.90 Å². The number of carbonyl (C=O) groups excluding carboxylic acids is 1. The van der Waals surface area contributed by atoms with E-state index < -0.39 is 0 Å². The van der Waals surface area contributed by atoms with Gasteiger partial charge in [-0.25, -0.2) is 0 Å². The van der Waals surface area contributed by atoms with Crippen LogP contribution in [0.2, 0.25) is 0 Å². The van der Waals surface area contributed by atoms with Gasteiger partial charge in [-0.3, -0.25) is 9.69 Å². The molecule has 1 amide bonds. The van der Waals surface area contributed by atoms with Gasteiger partial charge in [0.15, 0.2) is 0 Å². The predicted molar refractivity (Wildman–Crippen MR) is 86.8 cm³/mol. The highest BCUT2D eigenvalue weighted by Gasteiger charge is 2.46. The number of benzene rings is 1. The summed E-state index contributed by atoms with van der Waals surface area (Å²) in [7, 11) is 1.62. The molecule has 1 aromatic carbocycles. The van der Waals surface area contributed by atoms with Crippen molar-refractivity contribution in [2.45, 2.75) is 25.0 Å². The first-order valence-electron chi connectivity index (χ1n) is 8.03. The second kappa shape index (κ2) is 6.86. The molecule has 2 aliphatic heterocycles. The van der Waals surface area contributed by atoms with Gasteiger partial charge in [-0.15, -0.1) is 0 Å². The molecule has 1 aromatic rings. The third kappa shape index (κ3) is 3.65. The van der Waals surface area contributed by atoms with Crippen molar-refractivity contribution in [2.24, 2.45) is 0 Å². The summed E-state index contributed by atoms with van der Waals surface area (Å²) < 4.78 is 16.7. The van der Waals surface area contributed by atoms with E-state index in [9.17, 15) is 4.79 Å². The molecule has 0 unspecified atom stereocenters. The van der Waals surface area contributed by atoms with Crippen molar-refractivity contribution >= 4 is 11.6 Å². The maximum Gasteiger partial charge on any atom is 0.238 e. The Morgan fingerprint density at radius 1 is 1.39 bits per heavy atom. The van der Waals surface area contributed by atoms with E-state index >= 15 is 0 Å². The van der Waals surface area contributed by atoms with Crippen LogP contribution in [0, 0.1) is 0 Å². The second-order valence-corrected chi connectivity index (χ2v) is 6.16. The molecule has 1 N–H and O–H groups in total. The number of morpholine rings is 1. The zero-order chi connectivity index (χ0) is 16.3. The minimum Gasteiger partial charge on any atom is -0.497 e. The van der Waals surface area contributed by atoms with E-state index in [2.05, 4.69) is 10.2 Å². The molecule has 1 spiro atoms. The summed E-state index contributed by atoms with van der Waals surface area (Å²) in [5.41, 5.74) is 0.523. The van der Waals surface area contributed by atoms with Crippen molar-refractivity contribution < 1.29 is 19.0 Å². The maximum atomic E-state index is 12.3. The Balaban J connectivity index is 1.54. The summed E-state index contributed by atoms with van der Waals surface area (Å²) in [6.07, 6.45) is 0.972. The zero-order valence-corrected chi connectivity index (χ0v) is 13.7. The average Bonchev–Trinajstić information content (AvgIpc) is 2.88. The topological polar surface area (TPSA) is 60.0 Å². The minimum absolute atomic E-state index is 0.0150. The Kier molecular flexibility index (Phi) is 4.84. The molecule has 6 heteroatoms. The molecule has 2 saturated heterocycles. The normalized spacial score (nSPS) is 28.0. The lowest BCUT2D eigenvalue weighted by Gasteiger charge is -2.41. The summed E-state index contributed by atoms with van der Waals surface area (Å²) >= 11 is 0. The number of nitrogens with zero attached hydrogens (tertiary/aromatic N) is 1. The van der Waals surface area contributed by atoms with E-state index in [0.717, 1.165) is 37.6 Å². The van der Waals surface area contributed by atoms with Crippen LogP contribution in [-0.2, 0) is 14.3 Å². The lowest BCUT2D eigenvalue weighted by atomic mass is 9.94. The number of anilines is 1. The van der Waals surface area contributed by atoms with Gasteiger partial charge in [-0.2, -0.15) is 0 Å². The lowest BCUT2D eigenvalue weighted by molar-refractivity contribution is -0.140. The first kappa shape index (κ1) is 16.2. The van der Waals surface area contributed by atoms with Crippen LogP contribution in [0.5, 0.6) is 5.75 Å². The van der Waals surface area contributed by atoms with Crippen LogP contribution in [0.1, 0.15) is 13.3 Å². The summed E-state index contributed by atoms with van der Waals surface area (Å²) in [6.45, 7) is 5.29. The van der Waals surface area contributed by atoms with Crippen LogP contribution in [0.25, 0.3) is 0 Å². The summed E-state index contributed by atoms with van der Waals surface area (Å²) in [4.78, 5) is 14.4. The molecular weight excluding hydrogens is 296 g/mol. The van der Waals surface area contributed by atoms with Crippen molar-refractivity contribution in [2.75, 3.05) is 45.3 Å². The molecule has 2 heterocycles. The SMILES string of the molecule is COc1ccc(NC(=O)CN2CCO[C@]3(CCO[C@@H]3C)C2)cc1. The number of rotatable bonds is 4. The molecule has 0 bridgehead atoms. The van der Waals surface area contributed by atoms with Crippen LogP contribution in [0.15, 0.2) is 24.3 Å². The highest BCUT2D eigenvalue weighted by Crippen LogP contribution is 2.32. The Morgan fingerprint density at radius 2 is 2.17 bits per heavy atom. The standard InChI is InChI=1S/C17H24N2O4/c1-13-17(7-9-22-13)12-19(8-10-23-17)11-16(20)18-14-3-5-15(21-2)6-4-14/h3-6,13H,7-12H2,1-2H3,(H,18,20)/t13-,17-/m1/s1. The average molecular weight is 320 g/mol. The van der Waals surface area contributed by atoms with Crippen LogP contribution in [-0.4, -0.2) is 62.5 Å². The van der Waals surface area contributed by atoms with Gasteiger partial charge in [0.05, 0.1) is 26.4 Å². The van der Waals surface area contributed by atoms with Gasteiger partial charge in [-0.1, -0.05) is 0 Å². The highest BCUT2D eigenvalue weighted by molar-refractivity contribution is 5.92. The number of methoxy groups -OCH3 is 1. The summed E-state index contributed by atoms with van der Waals surface area (Å²) in [5.74, 6) is 0.757. The molecule has 0 aliphatic carbocycles. The molecule has 0 radical (unpaired) electrons. The fourth-order valence-corrected chi connectivity index (χ4v) is 3.25. The number of hydrogen-bond donors (Lipinski definition) is 1. The molecular formula is C17H24N2O4. The Hall–Kier alpha value is -1.63. The molecule has 2 fully saturated rings. The number of carbonyl (C=O) groups is 1. The second-order valence-electron chi connectivity index (χ2n) is 6.16. The number of ether oxygens (including phenoxy) is 3. The van der Waals surface area contributed by atoms with Gasteiger partial charge >= 0.3 is 0 Å². The van der Waals surface area contributed by atoms with Gasteiger partial charge in [0, 0.05) is 31.8 Å². The fourth-order valence-electron chi connectivity index (χ4n) is 3.25. The van der Waals surface area contributed by atoms with E-state index in [0.29, 0.717) is 13.2 Å². The maximum absolute atomic E-state index is 12.3. The summed E-state index contributed by atoms with van der Waals surface area (Å²) in [5, 5.41) is 2.92. The van der Waals surface area contributed by atoms with Crippen LogP contribution in [0.4, 0.5) is 5.69 Å². The number of hydrogen-bond acceptors (Lipinski definition) is 5. The third-order valence-corrected chi connectivity index (χ3v) is 4.66. The van der Waals surface area contributed by atoms with E-state index in [1.807, 2.05) is 31.2 Å². The largest absolute Gasteiger partial charge is 0.497 e. The molecule has 23 heavy (non-hydrogen) atoms. The highest BCUT2D eigenvalue weighted by atomic mass is 16.6. The Bertz CT molecular complexity index is 548. The van der Waals surface area contributed by atoms with E-state index in [1.54, 1.807) is 7.11 Å². The molecule has 2 aliphatic rings. The van der Waals surface area contributed by atoms with Crippen molar-refractivity contribution in [3.05, 3.63) is 24.3 Å². The van der Waals surface area contributed by atoms with Crippen molar-refractivity contribution in [3.63, 3.8) is 0 Å². The van der Waals surface area contributed by atoms with Gasteiger partial charge in [-0.05, 0) is 31.2 Å². The van der Waals surface area contributed by atoms with E-state index in [4.69, 9.17) is 14.2 Å². The minimum atomic E-state index is -0.251. The number of amides is 1. The fraction of sp³-hybridized carbons (Fsp3) is 0.588. The summed E-state index contributed by atoms with van der Waals surface area (Å²) in [6, 6.07) is 7.34. The van der Waals surface area contributed by atoms with Crippen LogP contribution < -0.4 is 10.1 Å². The van der Waals surface area contributed by atoms with Gasteiger partial charge < -0.3 is 19.5 Å². The lowest BCUT2D eigenvalue weighted by Crippen LogP contribution is -2.56. The smallest absolute Gasteiger partial charge is 0.238 e. The van der Waals surface area contributed by atoms with Crippen molar-refractivity contribution in [1.29, 1.82) is 0 Å². The predicted octanol–water partition coefficient (Wildman–Crippen LogP) is 1.51. The molecule has 0 aromatic heterocycles. The van der Waals surface area contributed by atoms with Crippen molar-refractivity contribution in [3.8, 4) is 5.75 Å². The van der Waals surface area contributed by atoms with Gasteiger partial charge in [0.2, 0.25) is 5.91 Å². The molecule has 3 rings (SSSR count). The third-order valence-electron chi connectivity index (χ3n) is 4.66. The quantitative estimate of drug-likeness (QED) is 0.911.